The van der Waals surface area contributed by atoms with Crippen LogP contribution in [0.1, 0.15) is 63.8 Å². The van der Waals surface area contributed by atoms with Gasteiger partial charge in [0.2, 0.25) is 0 Å². The molecule has 3 aliphatic carbocycles. The highest BCUT2D eigenvalue weighted by Gasteiger charge is 2.52. The van der Waals surface area contributed by atoms with Gasteiger partial charge in [-0.2, -0.15) is 0 Å². The molecule has 0 bridgehead atoms. The van der Waals surface area contributed by atoms with Crippen LogP contribution in [0, 0.1) is 11.8 Å². The van der Waals surface area contributed by atoms with Gasteiger partial charge in [0.05, 0.1) is 0 Å². The van der Waals surface area contributed by atoms with E-state index in [9.17, 15) is 0 Å². The standard InChI is InChI=1S/C54H44/c1-31-32(2)48-44-26-24-38(50-41-21-13-9-17-35(41)28-36-18-10-14-22-42(36)50)30-46(44)54(5,6)52(48)51-47(31)43-25-23-37(29-45(43)53(51,3)4)49-39-19-11-7-15-33(39)27-34-16-8-12-20-40(34)49/h7-32H,1-6H3. The monoisotopic (exact) mass is 692 g/mol. The lowest BCUT2D eigenvalue weighted by atomic mass is 9.64. The summed E-state index contributed by atoms with van der Waals surface area (Å²) in [5.41, 5.74) is 17.1. The molecule has 0 amide bonds. The van der Waals surface area contributed by atoms with E-state index in [2.05, 4.69) is 187 Å². The smallest absolute Gasteiger partial charge is 0.0159 e. The molecular weight excluding hydrogens is 649 g/mol. The fourth-order valence-electron chi connectivity index (χ4n) is 11.1. The first kappa shape index (κ1) is 31.8. The van der Waals surface area contributed by atoms with Crippen molar-refractivity contribution >= 4 is 54.2 Å². The summed E-state index contributed by atoms with van der Waals surface area (Å²) < 4.78 is 0. The first-order valence-electron chi connectivity index (χ1n) is 19.8. The minimum Gasteiger partial charge on any atom is -0.0616 e. The molecule has 8 aromatic rings. The molecule has 54 heavy (non-hydrogen) atoms. The predicted octanol–water partition coefficient (Wildman–Crippen LogP) is 14.7. The summed E-state index contributed by atoms with van der Waals surface area (Å²) in [5.74, 6) is 0.818. The maximum atomic E-state index is 2.55. The topological polar surface area (TPSA) is 0 Å². The van der Waals surface area contributed by atoms with E-state index in [4.69, 9.17) is 0 Å². The van der Waals surface area contributed by atoms with Gasteiger partial charge in [-0.05, 0) is 146 Å². The van der Waals surface area contributed by atoms with Crippen LogP contribution < -0.4 is 0 Å². The number of hydrogen-bond acceptors (Lipinski definition) is 0. The summed E-state index contributed by atoms with van der Waals surface area (Å²) >= 11 is 0. The second-order valence-electron chi connectivity index (χ2n) is 17.3. The average molecular weight is 693 g/mol. The zero-order chi connectivity index (χ0) is 36.7. The molecule has 0 saturated carbocycles. The molecular formula is C54H44. The van der Waals surface area contributed by atoms with Crippen LogP contribution >= 0.6 is 0 Å². The van der Waals surface area contributed by atoms with Crippen LogP contribution in [-0.2, 0) is 10.8 Å². The number of allylic oxidation sites excluding steroid dienone is 4. The third-order valence-corrected chi connectivity index (χ3v) is 13.8. The maximum Gasteiger partial charge on any atom is 0.0159 e. The molecule has 0 N–H and O–H groups in total. The highest BCUT2D eigenvalue weighted by Crippen LogP contribution is 2.65. The largest absolute Gasteiger partial charge is 0.0616 e. The van der Waals surface area contributed by atoms with Crippen molar-refractivity contribution in [1.82, 2.24) is 0 Å². The summed E-state index contributed by atoms with van der Waals surface area (Å²) in [6.45, 7) is 15.0. The zero-order valence-electron chi connectivity index (χ0n) is 32.0. The molecule has 0 aliphatic heterocycles. The first-order valence-corrected chi connectivity index (χ1v) is 19.8. The van der Waals surface area contributed by atoms with E-state index >= 15 is 0 Å². The fraction of sp³-hybridized carbons (Fsp3) is 0.185. The van der Waals surface area contributed by atoms with E-state index in [1.165, 1.54) is 87.6 Å². The van der Waals surface area contributed by atoms with Gasteiger partial charge in [0.15, 0.2) is 0 Å². The molecule has 11 rings (SSSR count). The van der Waals surface area contributed by atoms with Gasteiger partial charge in [0.1, 0.15) is 0 Å². The minimum atomic E-state index is -0.149. The van der Waals surface area contributed by atoms with Crippen LogP contribution in [0.3, 0.4) is 0 Å². The normalized spacial score (nSPS) is 19.4. The van der Waals surface area contributed by atoms with Crippen LogP contribution in [0.15, 0.2) is 157 Å². The van der Waals surface area contributed by atoms with Crippen molar-refractivity contribution in [3.63, 3.8) is 0 Å². The van der Waals surface area contributed by atoms with Gasteiger partial charge in [-0.15, -0.1) is 0 Å². The van der Waals surface area contributed by atoms with Gasteiger partial charge < -0.3 is 0 Å². The van der Waals surface area contributed by atoms with Crippen molar-refractivity contribution < 1.29 is 0 Å². The third kappa shape index (κ3) is 4.09. The number of rotatable bonds is 2. The maximum absolute atomic E-state index is 2.55. The van der Waals surface area contributed by atoms with Crippen molar-refractivity contribution in [2.75, 3.05) is 0 Å². The number of hydrogen-bond donors (Lipinski definition) is 0. The highest BCUT2D eigenvalue weighted by atomic mass is 14.6. The molecule has 0 fully saturated rings. The predicted molar refractivity (Wildman–Crippen MR) is 232 cm³/mol. The average Bonchev–Trinajstić information content (AvgIpc) is 3.56. The Bertz CT molecular complexity index is 2700. The van der Waals surface area contributed by atoms with E-state index in [1.54, 1.807) is 22.3 Å². The molecule has 0 nitrogen and oxygen atoms in total. The summed E-state index contributed by atoms with van der Waals surface area (Å²) in [4.78, 5) is 0. The van der Waals surface area contributed by atoms with Crippen molar-refractivity contribution in [1.29, 1.82) is 0 Å². The van der Waals surface area contributed by atoms with E-state index < -0.39 is 0 Å². The van der Waals surface area contributed by atoms with Gasteiger partial charge in [-0.3, -0.25) is 0 Å². The molecule has 3 aliphatic rings. The van der Waals surface area contributed by atoms with Crippen LogP contribution in [0.5, 0.6) is 0 Å². The molecule has 2 atom stereocenters. The minimum absolute atomic E-state index is 0.149. The van der Waals surface area contributed by atoms with Gasteiger partial charge in [0.25, 0.3) is 0 Å². The van der Waals surface area contributed by atoms with Crippen LogP contribution in [0.4, 0.5) is 0 Å². The molecule has 0 radical (unpaired) electrons. The van der Waals surface area contributed by atoms with Crippen molar-refractivity contribution in [2.45, 2.75) is 52.4 Å². The van der Waals surface area contributed by atoms with E-state index in [0.717, 1.165) is 0 Å². The van der Waals surface area contributed by atoms with Gasteiger partial charge in [-0.1, -0.05) is 163 Å². The van der Waals surface area contributed by atoms with Crippen LogP contribution in [-0.4, -0.2) is 0 Å². The lowest BCUT2D eigenvalue weighted by Crippen LogP contribution is -2.30. The fourth-order valence-corrected chi connectivity index (χ4v) is 11.1. The molecule has 2 unspecified atom stereocenters. The second-order valence-corrected chi connectivity index (χ2v) is 17.3. The van der Waals surface area contributed by atoms with Gasteiger partial charge in [0, 0.05) is 10.8 Å². The Kier molecular flexibility index (Phi) is 6.43. The third-order valence-electron chi connectivity index (χ3n) is 13.8. The number of benzene rings is 8. The highest BCUT2D eigenvalue weighted by molar-refractivity contribution is 6.14. The summed E-state index contributed by atoms with van der Waals surface area (Å²) in [5, 5.41) is 10.4. The Morgan fingerprint density at radius 3 is 1.02 bits per heavy atom. The van der Waals surface area contributed by atoms with Crippen LogP contribution in [0.25, 0.3) is 76.5 Å². The summed E-state index contributed by atoms with van der Waals surface area (Å²) in [7, 11) is 0. The molecule has 8 aromatic carbocycles. The summed E-state index contributed by atoms with van der Waals surface area (Å²) in [6, 6.07) is 55.2. The van der Waals surface area contributed by atoms with Crippen LogP contribution in [0.2, 0.25) is 0 Å². The molecule has 0 spiro atoms. The van der Waals surface area contributed by atoms with E-state index in [0.29, 0.717) is 11.8 Å². The number of fused-ring (bicyclic) bond motifs is 9. The Hall–Kier alpha value is -5.72. The summed E-state index contributed by atoms with van der Waals surface area (Å²) in [6.07, 6.45) is 0. The first-order chi connectivity index (χ1) is 26.1. The molecule has 260 valence electrons. The molecule has 0 heterocycles. The van der Waals surface area contributed by atoms with E-state index in [1.807, 2.05) is 0 Å². The Labute approximate surface area is 318 Å². The lowest BCUT2D eigenvalue weighted by Gasteiger charge is -2.39. The lowest BCUT2D eigenvalue weighted by molar-refractivity contribution is 0.540. The van der Waals surface area contributed by atoms with Crippen molar-refractivity contribution in [3.05, 3.63) is 179 Å². The Morgan fingerprint density at radius 2 is 0.685 bits per heavy atom. The zero-order valence-corrected chi connectivity index (χ0v) is 32.0. The van der Waals surface area contributed by atoms with Gasteiger partial charge in [-0.25, -0.2) is 0 Å². The van der Waals surface area contributed by atoms with E-state index in [-0.39, 0.29) is 10.8 Å². The Morgan fingerprint density at radius 1 is 0.370 bits per heavy atom. The van der Waals surface area contributed by atoms with Gasteiger partial charge >= 0.3 is 0 Å². The SMILES string of the molecule is CC1C2=C(C3=C(c4ccc(-c5c6ccccc6cc6ccccc56)cc4C3(C)C)C1C)C(C)(C)c1cc(-c3c4ccccc4cc4ccccc34)ccc12. The van der Waals surface area contributed by atoms with Crippen molar-refractivity contribution in [2.24, 2.45) is 11.8 Å². The van der Waals surface area contributed by atoms with Crippen molar-refractivity contribution in [3.8, 4) is 22.3 Å². The quantitative estimate of drug-likeness (QED) is 0.158. The second kappa shape index (κ2) is 10.9. The molecule has 0 saturated heterocycles. The molecule has 0 heteroatoms. The Balaban J connectivity index is 1.09. The molecule has 0 aromatic heterocycles.